The van der Waals surface area contributed by atoms with Crippen molar-refractivity contribution in [2.45, 2.75) is 33.9 Å². The van der Waals surface area contributed by atoms with Crippen molar-refractivity contribution in [1.29, 1.82) is 0 Å². The van der Waals surface area contributed by atoms with Crippen molar-refractivity contribution in [2.75, 3.05) is 7.05 Å². The molecule has 0 spiro atoms. The van der Waals surface area contributed by atoms with Gasteiger partial charge in [-0.15, -0.1) is 0 Å². The molecule has 0 fully saturated rings. The van der Waals surface area contributed by atoms with Crippen molar-refractivity contribution in [3.8, 4) is 5.75 Å². The van der Waals surface area contributed by atoms with Crippen molar-refractivity contribution < 1.29 is 14.1 Å². The molecule has 2 aromatic heterocycles. The fourth-order valence-electron chi connectivity index (χ4n) is 2.83. The average Bonchev–Trinajstić information content (AvgIpc) is 3.18. The van der Waals surface area contributed by atoms with Gasteiger partial charge in [-0.05, 0) is 53.9 Å². The summed E-state index contributed by atoms with van der Waals surface area (Å²) < 4.78 is 13.8. The van der Waals surface area contributed by atoms with Gasteiger partial charge in [0, 0.05) is 14.1 Å². The van der Waals surface area contributed by atoms with Crippen LogP contribution < -0.4 is 4.74 Å². The predicted octanol–water partition coefficient (Wildman–Crippen LogP) is 3.95. The lowest BCUT2D eigenvalue weighted by Crippen LogP contribution is -2.28. The molecule has 0 radical (unpaired) electrons. The van der Waals surface area contributed by atoms with E-state index in [1.807, 2.05) is 39.1 Å². The minimum atomic E-state index is -0.232. The number of carbonyl (C=O) groups is 1. The van der Waals surface area contributed by atoms with Crippen LogP contribution in [0.3, 0.4) is 0 Å². The number of hydrogen-bond acceptors (Lipinski definition) is 5. The third kappa shape index (κ3) is 4.11. The van der Waals surface area contributed by atoms with Crippen molar-refractivity contribution >= 4 is 21.8 Å². The number of halogens is 1. The van der Waals surface area contributed by atoms with Crippen LogP contribution in [0.1, 0.15) is 38.6 Å². The summed E-state index contributed by atoms with van der Waals surface area (Å²) in [4.78, 5) is 14.5. The fraction of sp³-hybridized carbons (Fsp3) is 0.350. The molecule has 0 unspecified atom stereocenters. The largest absolute Gasteiger partial charge is 0.488 e. The van der Waals surface area contributed by atoms with Gasteiger partial charge in [-0.3, -0.25) is 9.48 Å². The summed E-state index contributed by atoms with van der Waals surface area (Å²) in [5.41, 5.74) is 3.96. The van der Waals surface area contributed by atoms with E-state index in [9.17, 15) is 4.79 Å². The summed E-state index contributed by atoms with van der Waals surface area (Å²) in [6, 6.07) is 6.02. The standard InChI is InChI=1S/C20H23BrN4O3/c1-12-6-7-13(2)18(8-12)27-11-15-14(3)28-23-19(15)20(26)24(4)10-17-16(21)9-22-25(17)5/h6-9H,10-11H2,1-5H3. The predicted molar refractivity (Wildman–Crippen MR) is 108 cm³/mol. The third-order valence-corrected chi connectivity index (χ3v) is 5.31. The molecule has 0 aliphatic carbocycles. The molecule has 0 aliphatic heterocycles. The highest BCUT2D eigenvalue weighted by Crippen LogP contribution is 2.24. The highest BCUT2D eigenvalue weighted by atomic mass is 79.9. The molecule has 1 aromatic carbocycles. The molecular formula is C20H23BrN4O3. The van der Waals surface area contributed by atoms with E-state index in [2.05, 4.69) is 26.2 Å². The van der Waals surface area contributed by atoms with Crippen LogP contribution in [0.15, 0.2) is 33.4 Å². The molecule has 3 aromatic rings. The Balaban J connectivity index is 1.78. The first-order chi connectivity index (χ1) is 13.3. The number of hydrogen-bond donors (Lipinski definition) is 0. The van der Waals surface area contributed by atoms with Crippen LogP contribution in [0.4, 0.5) is 0 Å². The molecule has 0 saturated carbocycles. The number of ether oxygens (including phenoxy) is 1. The van der Waals surface area contributed by atoms with E-state index in [0.29, 0.717) is 17.9 Å². The number of benzene rings is 1. The first kappa shape index (κ1) is 20.1. The Labute approximate surface area is 172 Å². The van der Waals surface area contributed by atoms with Crippen LogP contribution in [0, 0.1) is 20.8 Å². The second-order valence-electron chi connectivity index (χ2n) is 6.85. The average molecular weight is 447 g/mol. The molecule has 1 amide bonds. The zero-order chi connectivity index (χ0) is 20.4. The lowest BCUT2D eigenvalue weighted by Gasteiger charge is -2.17. The quantitative estimate of drug-likeness (QED) is 0.572. The van der Waals surface area contributed by atoms with Crippen molar-refractivity contribution in [2.24, 2.45) is 7.05 Å². The Hall–Kier alpha value is -2.61. The number of rotatable bonds is 6. The second-order valence-corrected chi connectivity index (χ2v) is 7.70. The van der Waals surface area contributed by atoms with E-state index in [1.54, 1.807) is 29.7 Å². The summed E-state index contributed by atoms with van der Waals surface area (Å²) in [5.74, 6) is 1.12. The van der Waals surface area contributed by atoms with Gasteiger partial charge in [-0.25, -0.2) is 0 Å². The minimum absolute atomic E-state index is 0.212. The van der Waals surface area contributed by atoms with Crippen molar-refractivity contribution in [3.05, 3.63) is 62.7 Å². The third-order valence-electron chi connectivity index (χ3n) is 4.65. The highest BCUT2D eigenvalue weighted by molar-refractivity contribution is 9.10. The van der Waals surface area contributed by atoms with E-state index >= 15 is 0 Å². The lowest BCUT2D eigenvalue weighted by molar-refractivity contribution is 0.0769. The summed E-state index contributed by atoms with van der Waals surface area (Å²) in [6.07, 6.45) is 1.71. The van der Waals surface area contributed by atoms with Crippen LogP contribution in [-0.2, 0) is 20.2 Å². The van der Waals surface area contributed by atoms with Crippen molar-refractivity contribution in [3.63, 3.8) is 0 Å². The Kier molecular flexibility index (Phi) is 5.88. The number of aromatic nitrogens is 3. The van der Waals surface area contributed by atoms with Crippen LogP contribution in [0.5, 0.6) is 5.75 Å². The molecular weight excluding hydrogens is 424 g/mol. The maximum atomic E-state index is 13.0. The topological polar surface area (TPSA) is 73.4 Å². The van der Waals surface area contributed by atoms with E-state index < -0.39 is 0 Å². The van der Waals surface area contributed by atoms with Crippen LogP contribution in [0.2, 0.25) is 0 Å². The molecule has 7 nitrogen and oxygen atoms in total. The Morgan fingerprint density at radius 2 is 2.07 bits per heavy atom. The molecule has 8 heteroatoms. The molecule has 2 heterocycles. The second kappa shape index (κ2) is 8.18. The van der Waals surface area contributed by atoms with Gasteiger partial charge in [0.05, 0.1) is 28.5 Å². The van der Waals surface area contributed by atoms with Gasteiger partial charge >= 0.3 is 0 Å². The van der Waals surface area contributed by atoms with Gasteiger partial charge in [0.2, 0.25) is 0 Å². The van der Waals surface area contributed by atoms with Crippen molar-refractivity contribution in [1.82, 2.24) is 19.8 Å². The number of nitrogens with zero attached hydrogens (tertiary/aromatic N) is 4. The molecule has 0 bridgehead atoms. The number of carbonyl (C=O) groups excluding carboxylic acids is 1. The van der Waals surface area contributed by atoms with Gasteiger partial charge in [0.1, 0.15) is 18.1 Å². The van der Waals surface area contributed by atoms with E-state index in [1.165, 1.54) is 0 Å². The summed E-state index contributed by atoms with van der Waals surface area (Å²) in [6.45, 7) is 6.38. The maximum absolute atomic E-state index is 13.0. The van der Waals surface area contributed by atoms with Gasteiger partial charge in [-0.2, -0.15) is 5.10 Å². The maximum Gasteiger partial charge on any atom is 0.276 e. The van der Waals surface area contributed by atoms with Crippen LogP contribution in [-0.4, -0.2) is 32.8 Å². The molecule has 0 atom stereocenters. The molecule has 3 rings (SSSR count). The highest BCUT2D eigenvalue weighted by Gasteiger charge is 2.24. The lowest BCUT2D eigenvalue weighted by atomic mass is 10.1. The summed E-state index contributed by atoms with van der Waals surface area (Å²) in [5, 5.41) is 8.16. The van der Waals surface area contributed by atoms with Gasteiger partial charge in [0.25, 0.3) is 5.91 Å². The zero-order valence-electron chi connectivity index (χ0n) is 16.6. The Bertz CT molecular complexity index is 990. The van der Waals surface area contributed by atoms with Gasteiger partial charge < -0.3 is 14.2 Å². The van der Waals surface area contributed by atoms with Gasteiger partial charge in [-0.1, -0.05) is 17.3 Å². The fourth-order valence-corrected chi connectivity index (χ4v) is 3.31. The zero-order valence-corrected chi connectivity index (χ0v) is 18.2. The smallest absolute Gasteiger partial charge is 0.276 e. The Morgan fingerprint density at radius 1 is 1.32 bits per heavy atom. The normalized spacial score (nSPS) is 10.9. The van der Waals surface area contributed by atoms with E-state index in [4.69, 9.17) is 9.26 Å². The van der Waals surface area contributed by atoms with E-state index in [0.717, 1.165) is 27.0 Å². The van der Waals surface area contributed by atoms with Crippen LogP contribution >= 0.6 is 15.9 Å². The Morgan fingerprint density at radius 3 is 2.75 bits per heavy atom. The van der Waals surface area contributed by atoms with Crippen LogP contribution in [0.25, 0.3) is 0 Å². The minimum Gasteiger partial charge on any atom is -0.488 e. The molecule has 148 valence electrons. The molecule has 0 N–H and O–H groups in total. The van der Waals surface area contributed by atoms with E-state index in [-0.39, 0.29) is 18.2 Å². The molecule has 28 heavy (non-hydrogen) atoms. The summed E-state index contributed by atoms with van der Waals surface area (Å²) in [7, 11) is 3.56. The SMILES string of the molecule is Cc1ccc(C)c(OCc2c(C(=O)N(C)Cc3c(Br)cnn3C)noc2C)c1. The molecule has 0 saturated heterocycles. The number of amides is 1. The molecule has 0 aliphatic rings. The van der Waals surface area contributed by atoms with Gasteiger partial charge in [0.15, 0.2) is 5.69 Å². The summed E-state index contributed by atoms with van der Waals surface area (Å²) >= 11 is 3.46. The number of aryl methyl sites for hydroxylation is 4. The first-order valence-corrected chi connectivity index (χ1v) is 9.64. The first-order valence-electron chi connectivity index (χ1n) is 8.85. The monoisotopic (exact) mass is 446 g/mol.